The van der Waals surface area contributed by atoms with Crippen LogP contribution in [0.25, 0.3) is 10.9 Å². The highest BCUT2D eigenvalue weighted by Gasteiger charge is 2.65. The van der Waals surface area contributed by atoms with Gasteiger partial charge in [0, 0.05) is 35.1 Å². The molecule has 5 nitrogen and oxygen atoms in total. The second-order valence-electron chi connectivity index (χ2n) is 7.67. The molecular formula is C21H22N2O3. The van der Waals surface area contributed by atoms with Gasteiger partial charge in [0.15, 0.2) is 0 Å². The molecule has 3 saturated heterocycles. The van der Waals surface area contributed by atoms with E-state index in [1.54, 1.807) is 0 Å². The van der Waals surface area contributed by atoms with Gasteiger partial charge in [0.25, 0.3) is 0 Å². The van der Waals surface area contributed by atoms with Gasteiger partial charge in [-0.3, -0.25) is 9.69 Å². The molecule has 134 valence electrons. The van der Waals surface area contributed by atoms with E-state index >= 15 is 0 Å². The number of carbonyl (C=O) groups is 2. The molecule has 1 N–H and O–H groups in total. The molecule has 5 heteroatoms. The number of aromatic amines is 1. The van der Waals surface area contributed by atoms with Crippen LogP contribution in [-0.4, -0.2) is 41.8 Å². The van der Waals surface area contributed by atoms with Gasteiger partial charge in [-0.25, -0.2) is 0 Å². The van der Waals surface area contributed by atoms with E-state index in [1.165, 1.54) is 29.3 Å². The Bertz CT molecular complexity index is 959. The predicted molar refractivity (Wildman–Crippen MR) is 97.6 cm³/mol. The fourth-order valence-electron chi connectivity index (χ4n) is 5.72. The van der Waals surface area contributed by atoms with Gasteiger partial charge >= 0.3 is 5.97 Å². The summed E-state index contributed by atoms with van der Waals surface area (Å²) in [5.74, 6) is -0.481. The van der Waals surface area contributed by atoms with E-state index in [-0.39, 0.29) is 18.0 Å². The highest BCUT2D eigenvalue weighted by molar-refractivity contribution is 5.96. The van der Waals surface area contributed by atoms with E-state index in [2.05, 4.69) is 28.1 Å². The summed E-state index contributed by atoms with van der Waals surface area (Å²) in [6, 6.07) is 8.37. The third-order valence-electron chi connectivity index (χ3n) is 6.88. The Morgan fingerprint density at radius 1 is 1.38 bits per heavy atom. The summed E-state index contributed by atoms with van der Waals surface area (Å²) in [6.45, 7) is 2.81. The first-order valence-electron chi connectivity index (χ1n) is 9.20. The Kier molecular flexibility index (Phi) is 3.23. The number of fused-ring (bicyclic) bond motifs is 4. The first-order chi connectivity index (χ1) is 12.7. The second-order valence-corrected chi connectivity index (χ2v) is 7.67. The molecule has 3 fully saturated rings. The van der Waals surface area contributed by atoms with Crippen molar-refractivity contribution >= 4 is 23.2 Å². The molecule has 2 aromatic rings. The Balaban J connectivity index is 1.74. The maximum Gasteiger partial charge on any atom is 0.321 e. The molecule has 0 saturated carbocycles. The number of H-pyrrole nitrogens is 1. The number of esters is 1. The topological polar surface area (TPSA) is 62.4 Å². The lowest BCUT2D eigenvalue weighted by Gasteiger charge is -2.61. The number of para-hydroxylation sites is 1. The highest BCUT2D eigenvalue weighted by Crippen LogP contribution is 2.59. The lowest BCUT2D eigenvalue weighted by Crippen LogP contribution is -2.69. The standard InChI is InChI=1S/C21H22N2O3/c1-3-12-10-23-17-9-15(12)21(11-24,20(25)26-2)18(23)8-14-13-6-4-5-7-16(13)22-19(14)17/h3-7,11,15,17-18,22H,8-10H2,1-2H3/b12-3+. The van der Waals surface area contributed by atoms with Gasteiger partial charge in [-0.1, -0.05) is 29.8 Å². The van der Waals surface area contributed by atoms with Crippen LogP contribution in [0.1, 0.15) is 30.6 Å². The van der Waals surface area contributed by atoms with Crippen molar-refractivity contribution in [2.45, 2.75) is 31.8 Å². The molecule has 6 rings (SSSR count). The van der Waals surface area contributed by atoms with Gasteiger partial charge in [0.05, 0.1) is 13.2 Å². The molecule has 5 heterocycles. The van der Waals surface area contributed by atoms with Crippen LogP contribution < -0.4 is 0 Å². The Morgan fingerprint density at radius 3 is 2.92 bits per heavy atom. The summed E-state index contributed by atoms with van der Waals surface area (Å²) in [5.41, 5.74) is 3.70. The van der Waals surface area contributed by atoms with Crippen molar-refractivity contribution in [3.05, 3.63) is 47.2 Å². The SMILES string of the molecule is C/C=C1\CN2C3CC1C(C=O)(C(=O)OC)C2Cc1c3[nH]c2ccccc12. The van der Waals surface area contributed by atoms with Crippen LogP contribution in [0.5, 0.6) is 0 Å². The summed E-state index contributed by atoms with van der Waals surface area (Å²) < 4.78 is 5.15. The molecule has 1 aromatic heterocycles. The molecule has 4 bridgehead atoms. The molecule has 5 atom stereocenters. The molecule has 1 aromatic carbocycles. The van der Waals surface area contributed by atoms with Crippen LogP contribution in [0, 0.1) is 11.3 Å². The number of nitrogens with zero attached hydrogens (tertiary/aromatic N) is 1. The highest BCUT2D eigenvalue weighted by atomic mass is 16.5. The van der Waals surface area contributed by atoms with Crippen molar-refractivity contribution in [3.63, 3.8) is 0 Å². The van der Waals surface area contributed by atoms with Gasteiger partial charge in [-0.05, 0) is 31.4 Å². The van der Waals surface area contributed by atoms with Crippen LogP contribution in [-0.2, 0) is 20.7 Å². The summed E-state index contributed by atoms with van der Waals surface area (Å²) in [6.07, 6.45) is 4.40. The van der Waals surface area contributed by atoms with E-state index in [4.69, 9.17) is 4.74 Å². The molecule has 4 aliphatic rings. The fraction of sp³-hybridized carbons (Fsp3) is 0.429. The minimum atomic E-state index is -1.11. The van der Waals surface area contributed by atoms with Gasteiger partial charge < -0.3 is 14.5 Å². The number of methoxy groups -OCH3 is 1. The monoisotopic (exact) mass is 350 g/mol. The zero-order valence-electron chi connectivity index (χ0n) is 15.0. The van der Waals surface area contributed by atoms with Gasteiger partial charge in [0.1, 0.15) is 11.7 Å². The summed E-state index contributed by atoms with van der Waals surface area (Å²) >= 11 is 0. The number of nitrogens with one attached hydrogen (secondary N) is 1. The number of aldehydes is 1. The Hall–Kier alpha value is -2.40. The summed E-state index contributed by atoms with van der Waals surface area (Å²) in [4.78, 5) is 31.2. The minimum absolute atomic E-state index is 0.0861. The second kappa shape index (κ2) is 5.30. The van der Waals surface area contributed by atoms with E-state index in [0.29, 0.717) is 6.42 Å². The number of piperidine rings is 3. The third kappa shape index (κ3) is 1.69. The number of benzene rings is 1. The maximum absolute atomic E-state index is 12.9. The summed E-state index contributed by atoms with van der Waals surface area (Å²) in [7, 11) is 1.39. The number of hydrogen-bond acceptors (Lipinski definition) is 4. The van der Waals surface area contributed by atoms with Crippen molar-refractivity contribution in [1.29, 1.82) is 0 Å². The van der Waals surface area contributed by atoms with E-state index in [0.717, 1.165) is 24.8 Å². The first kappa shape index (κ1) is 15.8. The lowest BCUT2D eigenvalue weighted by atomic mass is 9.55. The van der Waals surface area contributed by atoms with Crippen LogP contribution in [0.15, 0.2) is 35.9 Å². The zero-order chi connectivity index (χ0) is 18.1. The Morgan fingerprint density at radius 2 is 2.19 bits per heavy atom. The smallest absolute Gasteiger partial charge is 0.321 e. The van der Waals surface area contributed by atoms with Crippen LogP contribution in [0.4, 0.5) is 0 Å². The average Bonchev–Trinajstić information content (AvgIpc) is 3.06. The number of hydrogen-bond donors (Lipinski definition) is 1. The van der Waals surface area contributed by atoms with Crippen molar-refractivity contribution in [2.24, 2.45) is 11.3 Å². The van der Waals surface area contributed by atoms with E-state index in [1.807, 2.05) is 19.1 Å². The molecule has 0 aliphatic carbocycles. The fourth-order valence-corrected chi connectivity index (χ4v) is 5.72. The van der Waals surface area contributed by atoms with Crippen molar-refractivity contribution in [2.75, 3.05) is 13.7 Å². The normalized spacial score (nSPS) is 36.2. The molecule has 0 amide bonds. The summed E-state index contributed by atoms with van der Waals surface area (Å²) in [5, 5.41) is 1.20. The minimum Gasteiger partial charge on any atom is -0.468 e. The number of allylic oxidation sites excluding steroid dienone is 1. The Labute approximate surface area is 152 Å². The van der Waals surface area contributed by atoms with E-state index < -0.39 is 11.4 Å². The number of carbonyl (C=O) groups excluding carboxylic acids is 2. The third-order valence-corrected chi connectivity index (χ3v) is 6.88. The first-order valence-corrected chi connectivity index (χ1v) is 9.20. The largest absolute Gasteiger partial charge is 0.468 e. The molecule has 26 heavy (non-hydrogen) atoms. The molecule has 5 unspecified atom stereocenters. The van der Waals surface area contributed by atoms with Crippen LogP contribution in [0.2, 0.25) is 0 Å². The number of rotatable bonds is 2. The number of ether oxygens (including phenoxy) is 1. The van der Waals surface area contributed by atoms with Crippen molar-refractivity contribution in [3.8, 4) is 0 Å². The predicted octanol–water partition coefficient (Wildman–Crippen LogP) is 2.77. The zero-order valence-corrected chi connectivity index (χ0v) is 15.0. The molecule has 0 radical (unpaired) electrons. The molecule has 0 spiro atoms. The quantitative estimate of drug-likeness (QED) is 0.392. The molecule has 4 aliphatic heterocycles. The van der Waals surface area contributed by atoms with Gasteiger partial charge in [-0.15, -0.1) is 0 Å². The van der Waals surface area contributed by atoms with Crippen molar-refractivity contribution < 1.29 is 14.3 Å². The lowest BCUT2D eigenvalue weighted by molar-refractivity contribution is -0.176. The van der Waals surface area contributed by atoms with Crippen LogP contribution in [0.3, 0.4) is 0 Å². The average molecular weight is 350 g/mol. The van der Waals surface area contributed by atoms with E-state index in [9.17, 15) is 9.59 Å². The molecular weight excluding hydrogens is 328 g/mol. The maximum atomic E-state index is 12.9. The van der Waals surface area contributed by atoms with Gasteiger partial charge in [0.2, 0.25) is 0 Å². The van der Waals surface area contributed by atoms with Crippen molar-refractivity contribution in [1.82, 2.24) is 9.88 Å². The number of aromatic nitrogens is 1. The van der Waals surface area contributed by atoms with Gasteiger partial charge in [-0.2, -0.15) is 0 Å². The van der Waals surface area contributed by atoms with Crippen LogP contribution >= 0.6 is 0 Å².